The number of rotatable bonds is 3. The summed E-state index contributed by atoms with van der Waals surface area (Å²) in [6.45, 7) is 0.988. The first kappa shape index (κ1) is 18.8. The first-order valence-corrected chi connectivity index (χ1v) is 9.23. The molecular weight excluding hydrogens is 378 g/mol. The molecule has 29 heavy (non-hydrogen) atoms. The number of nitrogens with one attached hydrogen (secondary N) is 1. The molecule has 148 valence electrons. The highest BCUT2D eigenvalue weighted by Gasteiger charge is 2.35. The van der Waals surface area contributed by atoms with Gasteiger partial charge in [0.15, 0.2) is 0 Å². The summed E-state index contributed by atoms with van der Waals surface area (Å²) in [6.07, 6.45) is 4.27. The maximum atomic E-state index is 13.6. The van der Waals surface area contributed by atoms with Crippen molar-refractivity contribution in [1.29, 1.82) is 5.26 Å². The lowest BCUT2D eigenvalue weighted by molar-refractivity contribution is 0.151. The minimum Gasteiger partial charge on any atom is -0.380 e. The molecule has 1 aromatic heterocycles. The Hall–Kier alpha value is -3.54. The van der Waals surface area contributed by atoms with Crippen molar-refractivity contribution in [3.63, 3.8) is 0 Å². The van der Waals surface area contributed by atoms with Gasteiger partial charge in [-0.15, -0.1) is 0 Å². The number of hydrazone groups is 1. The van der Waals surface area contributed by atoms with Crippen molar-refractivity contribution in [1.82, 2.24) is 14.9 Å². The molecule has 2 aliphatic rings. The van der Waals surface area contributed by atoms with E-state index in [4.69, 9.17) is 5.26 Å². The Bertz CT molecular complexity index is 984. The van der Waals surface area contributed by atoms with E-state index in [0.29, 0.717) is 30.8 Å². The quantitative estimate of drug-likeness (QED) is 0.863. The molecule has 4 rings (SSSR count). The molecule has 2 aliphatic heterocycles. The Balaban J connectivity index is 1.43. The van der Waals surface area contributed by atoms with Gasteiger partial charge in [0.25, 0.3) is 0 Å². The van der Waals surface area contributed by atoms with Crippen molar-refractivity contribution < 1.29 is 13.6 Å². The average molecular weight is 396 g/mol. The van der Waals surface area contributed by atoms with Crippen LogP contribution in [0.3, 0.4) is 0 Å². The summed E-state index contributed by atoms with van der Waals surface area (Å²) in [5, 5.41) is 17.7. The van der Waals surface area contributed by atoms with Crippen molar-refractivity contribution in [2.75, 3.05) is 18.4 Å². The van der Waals surface area contributed by atoms with Gasteiger partial charge in [0.2, 0.25) is 0 Å². The number of urea groups is 1. The molecule has 3 heterocycles. The molecule has 0 saturated carbocycles. The van der Waals surface area contributed by atoms with Crippen molar-refractivity contribution in [2.24, 2.45) is 5.10 Å². The number of amides is 2. The van der Waals surface area contributed by atoms with Gasteiger partial charge >= 0.3 is 6.03 Å². The SMILES string of the molecule is N#Cc1cc(N[C@@H]2CCN(C(=O)N3N=CC[C@H]3c3cc(F)cc(F)c3)C2)ccn1. The lowest BCUT2D eigenvalue weighted by Gasteiger charge is -2.27. The molecule has 2 atom stereocenters. The maximum Gasteiger partial charge on any atom is 0.341 e. The van der Waals surface area contributed by atoms with E-state index in [-0.39, 0.29) is 12.1 Å². The van der Waals surface area contributed by atoms with E-state index in [0.717, 1.165) is 18.2 Å². The zero-order valence-corrected chi connectivity index (χ0v) is 15.4. The number of hydrogen-bond donors (Lipinski definition) is 1. The second kappa shape index (κ2) is 7.83. The number of aromatic nitrogens is 1. The number of pyridine rings is 1. The van der Waals surface area contributed by atoms with Crippen LogP contribution < -0.4 is 5.32 Å². The Morgan fingerprint density at radius 2 is 2.03 bits per heavy atom. The van der Waals surface area contributed by atoms with Gasteiger partial charge in [0, 0.05) is 49.7 Å². The third kappa shape index (κ3) is 4.01. The van der Waals surface area contributed by atoms with Gasteiger partial charge in [-0.2, -0.15) is 10.4 Å². The normalized spacial score (nSPS) is 20.7. The number of benzene rings is 1. The summed E-state index contributed by atoms with van der Waals surface area (Å²) in [6, 6.07) is 7.87. The van der Waals surface area contributed by atoms with Gasteiger partial charge in [0.1, 0.15) is 23.4 Å². The smallest absolute Gasteiger partial charge is 0.341 e. The highest BCUT2D eigenvalue weighted by Crippen LogP contribution is 2.31. The number of hydrogen-bond acceptors (Lipinski definition) is 5. The zero-order valence-electron chi connectivity index (χ0n) is 15.4. The number of halogens is 2. The van der Waals surface area contributed by atoms with E-state index >= 15 is 0 Å². The van der Waals surface area contributed by atoms with Crippen LogP contribution in [0.2, 0.25) is 0 Å². The fourth-order valence-electron chi connectivity index (χ4n) is 3.66. The molecule has 0 unspecified atom stereocenters. The first-order chi connectivity index (χ1) is 14.0. The topological polar surface area (TPSA) is 84.6 Å². The van der Waals surface area contributed by atoms with Crippen LogP contribution in [0.1, 0.15) is 30.1 Å². The molecule has 7 nitrogen and oxygen atoms in total. The molecule has 0 spiro atoms. The van der Waals surface area contributed by atoms with E-state index in [2.05, 4.69) is 15.4 Å². The molecule has 1 fully saturated rings. The fraction of sp³-hybridized carbons (Fsp3) is 0.300. The summed E-state index contributed by atoms with van der Waals surface area (Å²) in [4.78, 5) is 18.6. The molecule has 2 aromatic rings. The molecule has 1 aromatic carbocycles. The third-order valence-electron chi connectivity index (χ3n) is 5.00. The largest absolute Gasteiger partial charge is 0.380 e. The molecular formula is C20H18F2N6O. The summed E-state index contributed by atoms with van der Waals surface area (Å²) >= 11 is 0. The van der Waals surface area contributed by atoms with Gasteiger partial charge in [0.05, 0.1) is 6.04 Å². The predicted octanol–water partition coefficient (Wildman–Crippen LogP) is 3.27. The Morgan fingerprint density at radius 1 is 1.24 bits per heavy atom. The zero-order chi connectivity index (χ0) is 20.4. The van der Waals surface area contributed by atoms with Crippen molar-refractivity contribution >= 4 is 17.9 Å². The van der Waals surface area contributed by atoms with E-state index in [1.807, 2.05) is 6.07 Å². The number of carbonyl (C=O) groups is 1. The minimum absolute atomic E-state index is 0.0181. The van der Waals surface area contributed by atoms with E-state index in [1.165, 1.54) is 17.1 Å². The predicted molar refractivity (Wildman–Crippen MR) is 102 cm³/mol. The lowest BCUT2D eigenvalue weighted by atomic mass is 10.0. The van der Waals surface area contributed by atoms with Crippen LogP contribution in [0.15, 0.2) is 41.6 Å². The van der Waals surface area contributed by atoms with Crippen LogP contribution in [0.4, 0.5) is 19.3 Å². The number of likely N-dealkylation sites (tertiary alicyclic amines) is 1. The molecule has 1 N–H and O–H groups in total. The number of carbonyl (C=O) groups excluding carboxylic acids is 1. The van der Waals surface area contributed by atoms with Crippen LogP contribution in [0, 0.1) is 23.0 Å². The van der Waals surface area contributed by atoms with Gasteiger partial charge in [-0.05, 0) is 36.2 Å². The van der Waals surface area contributed by atoms with Gasteiger partial charge in [-0.1, -0.05) is 0 Å². The molecule has 2 amide bonds. The molecule has 0 aliphatic carbocycles. The van der Waals surface area contributed by atoms with Crippen LogP contribution in [-0.4, -0.2) is 46.3 Å². The number of nitriles is 1. The van der Waals surface area contributed by atoms with Crippen molar-refractivity contribution in [3.8, 4) is 6.07 Å². The van der Waals surface area contributed by atoms with E-state index in [1.54, 1.807) is 29.4 Å². The van der Waals surface area contributed by atoms with Crippen molar-refractivity contribution in [3.05, 3.63) is 59.4 Å². The second-order valence-corrected chi connectivity index (χ2v) is 7.00. The van der Waals surface area contributed by atoms with Crippen molar-refractivity contribution in [2.45, 2.75) is 24.9 Å². The van der Waals surface area contributed by atoms with Crippen LogP contribution in [-0.2, 0) is 0 Å². The van der Waals surface area contributed by atoms with Crippen LogP contribution in [0.25, 0.3) is 0 Å². The van der Waals surface area contributed by atoms with Gasteiger partial charge in [-0.3, -0.25) is 0 Å². The molecule has 9 heteroatoms. The summed E-state index contributed by atoms with van der Waals surface area (Å²) in [5.41, 5.74) is 1.46. The maximum absolute atomic E-state index is 13.6. The Labute approximate surface area is 166 Å². The first-order valence-electron chi connectivity index (χ1n) is 9.23. The Kier molecular flexibility index (Phi) is 5.08. The number of nitrogens with zero attached hydrogens (tertiary/aromatic N) is 5. The number of anilines is 1. The molecule has 0 bridgehead atoms. The Morgan fingerprint density at radius 3 is 2.79 bits per heavy atom. The lowest BCUT2D eigenvalue weighted by Crippen LogP contribution is -2.40. The average Bonchev–Trinajstić information content (AvgIpc) is 3.36. The highest BCUT2D eigenvalue weighted by atomic mass is 19.1. The minimum atomic E-state index is -0.682. The van der Waals surface area contributed by atoms with Crippen LogP contribution in [0.5, 0.6) is 0 Å². The standard InChI is InChI=1S/C20H18F2N6O/c21-14-7-13(8-15(22)9-14)19-2-5-25-28(19)20(29)27-6-3-17(12-27)26-16-1-4-24-18(10-16)11-23/h1,4-5,7-10,17,19H,2-3,6,12H2,(H,24,26)/t17-,19+/m1/s1. The molecule has 1 saturated heterocycles. The summed E-state index contributed by atoms with van der Waals surface area (Å²) in [7, 11) is 0. The van der Waals surface area contributed by atoms with E-state index < -0.39 is 17.7 Å². The summed E-state index contributed by atoms with van der Waals surface area (Å²) < 4.78 is 27.2. The van der Waals surface area contributed by atoms with Gasteiger partial charge < -0.3 is 10.2 Å². The monoisotopic (exact) mass is 396 g/mol. The van der Waals surface area contributed by atoms with Gasteiger partial charge in [-0.25, -0.2) is 23.6 Å². The third-order valence-corrected chi connectivity index (χ3v) is 5.00. The summed E-state index contributed by atoms with van der Waals surface area (Å²) in [5.74, 6) is -1.36. The fourth-order valence-corrected chi connectivity index (χ4v) is 3.66. The second-order valence-electron chi connectivity index (χ2n) is 7.00. The van der Waals surface area contributed by atoms with E-state index in [9.17, 15) is 13.6 Å². The highest BCUT2D eigenvalue weighted by molar-refractivity contribution is 5.79. The van der Waals surface area contributed by atoms with Crippen LogP contribution >= 0.6 is 0 Å². The molecule has 0 radical (unpaired) electrons.